The van der Waals surface area contributed by atoms with Crippen molar-refractivity contribution in [3.8, 4) is 0 Å². The van der Waals surface area contributed by atoms with Gasteiger partial charge in [0, 0.05) is 0 Å². The molecule has 0 aliphatic carbocycles. The molecule has 1 rings (SSSR count). The largest absolute Gasteiger partial charge is 0.395 e. The lowest BCUT2D eigenvalue weighted by Crippen LogP contribution is -2.40. The Morgan fingerprint density at radius 1 is 1.22 bits per heavy atom. The van der Waals surface area contributed by atoms with Crippen LogP contribution in [0.2, 0.25) is 0 Å². The fourth-order valence-electron chi connectivity index (χ4n) is 1.31. The Morgan fingerprint density at radius 3 is 2.22 bits per heavy atom. The third-order valence-electron chi connectivity index (χ3n) is 2.07. The second kappa shape index (κ2) is 5.68. The van der Waals surface area contributed by atoms with Crippen LogP contribution in [0.4, 0.5) is 13.2 Å². The summed E-state index contributed by atoms with van der Waals surface area (Å²) in [6.07, 6.45) is -5.97. The number of hydrogen-bond donors (Lipinski definition) is 2. The van der Waals surface area contributed by atoms with Crippen molar-refractivity contribution in [1.29, 1.82) is 0 Å². The number of hydrogen-bond acceptors (Lipinski definition) is 3. The van der Waals surface area contributed by atoms with Gasteiger partial charge in [0.2, 0.25) is 10.0 Å². The Labute approximate surface area is 102 Å². The summed E-state index contributed by atoms with van der Waals surface area (Å²) in [5, 5.41) is 8.77. The summed E-state index contributed by atoms with van der Waals surface area (Å²) in [6.45, 7) is -0.925. The first kappa shape index (κ1) is 14.9. The fourth-order valence-corrected chi connectivity index (χ4v) is 2.56. The summed E-state index contributed by atoms with van der Waals surface area (Å²) in [4.78, 5) is -0.148. The van der Waals surface area contributed by atoms with E-state index in [1.165, 1.54) is 24.3 Å². The number of rotatable bonds is 5. The molecule has 0 amide bonds. The van der Waals surface area contributed by atoms with Crippen molar-refractivity contribution in [1.82, 2.24) is 4.72 Å². The zero-order valence-corrected chi connectivity index (χ0v) is 10.0. The first-order valence-corrected chi connectivity index (χ1v) is 6.48. The normalized spacial score (nSPS) is 14.4. The van der Waals surface area contributed by atoms with Gasteiger partial charge in [-0.15, -0.1) is 0 Å². The molecule has 0 aromatic heterocycles. The Kier molecular flexibility index (Phi) is 4.71. The van der Waals surface area contributed by atoms with Crippen molar-refractivity contribution >= 4 is 10.0 Å². The highest BCUT2D eigenvalue weighted by Gasteiger charge is 2.33. The third-order valence-corrected chi connectivity index (χ3v) is 3.61. The number of aliphatic hydroxyl groups is 1. The molecule has 18 heavy (non-hydrogen) atoms. The van der Waals surface area contributed by atoms with Crippen molar-refractivity contribution in [2.24, 2.45) is 0 Å². The van der Waals surface area contributed by atoms with E-state index in [0.717, 1.165) is 0 Å². The summed E-state index contributed by atoms with van der Waals surface area (Å²) < 4.78 is 61.6. The molecular weight excluding hydrogens is 271 g/mol. The van der Waals surface area contributed by atoms with Crippen molar-refractivity contribution in [3.63, 3.8) is 0 Å². The molecule has 1 aromatic carbocycles. The van der Waals surface area contributed by atoms with E-state index >= 15 is 0 Å². The highest BCUT2D eigenvalue weighted by molar-refractivity contribution is 7.89. The molecule has 0 saturated carbocycles. The minimum Gasteiger partial charge on any atom is -0.395 e. The van der Waals surface area contributed by atoms with E-state index in [0.29, 0.717) is 0 Å². The zero-order valence-electron chi connectivity index (χ0n) is 9.18. The highest BCUT2D eigenvalue weighted by Crippen LogP contribution is 2.22. The number of nitrogens with one attached hydrogen (secondary N) is 1. The Bertz CT molecular complexity index is 473. The van der Waals surface area contributed by atoms with E-state index in [1.807, 2.05) is 4.72 Å². The SMILES string of the molecule is O=S(=O)(N[C@@H](CO)CC(F)(F)F)c1ccccc1. The maximum atomic E-state index is 12.1. The summed E-state index contributed by atoms with van der Waals surface area (Å²) in [5.74, 6) is 0. The second-order valence-electron chi connectivity index (χ2n) is 3.63. The first-order valence-electron chi connectivity index (χ1n) is 4.99. The van der Waals surface area contributed by atoms with Gasteiger partial charge >= 0.3 is 6.18 Å². The van der Waals surface area contributed by atoms with Gasteiger partial charge in [0.15, 0.2) is 0 Å². The lowest BCUT2D eigenvalue weighted by atomic mass is 10.2. The van der Waals surface area contributed by atoms with E-state index in [2.05, 4.69) is 0 Å². The fraction of sp³-hybridized carbons (Fsp3) is 0.400. The average Bonchev–Trinajstić information content (AvgIpc) is 2.27. The van der Waals surface area contributed by atoms with E-state index < -0.39 is 35.3 Å². The number of aliphatic hydroxyl groups excluding tert-OH is 1. The molecule has 102 valence electrons. The molecule has 0 bridgehead atoms. The highest BCUT2D eigenvalue weighted by atomic mass is 32.2. The quantitative estimate of drug-likeness (QED) is 0.855. The van der Waals surface area contributed by atoms with Crippen LogP contribution >= 0.6 is 0 Å². The minimum atomic E-state index is -4.55. The van der Waals surface area contributed by atoms with Crippen LogP contribution in [0.3, 0.4) is 0 Å². The van der Waals surface area contributed by atoms with Crippen LogP contribution in [0.5, 0.6) is 0 Å². The second-order valence-corrected chi connectivity index (χ2v) is 5.35. The molecule has 1 aromatic rings. The molecule has 4 nitrogen and oxygen atoms in total. The lowest BCUT2D eigenvalue weighted by Gasteiger charge is -2.17. The molecule has 0 unspecified atom stereocenters. The summed E-state index contributed by atoms with van der Waals surface area (Å²) in [6, 6.07) is 5.40. The number of halogens is 3. The maximum absolute atomic E-state index is 12.1. The van der Waals surface area contributed by atoms with Gasteiger partial charge in [0.05, 0.1) is 24.0 Å². The van der Waals surface area contributed by atoms with E-state index in [4.69, 9.17) is 5.11 Å². The minimum absolute atomic E-state index is 0.148. The van der Waals surface area contributed by atoms with Gasteiger partial charge in [-0.25, -0.2) is 13.1 Å². The van der Waals surface area contributed by atoms with Gasteiger partial charge in [0.1, 0.15) is 0 Å². The van der Waals surface area contributed by atoms with Crippen LogP contribution in [0, 0.1) is 0 Å². The molecule has 0 fully saturated rings. The van der Waals surface area contributed by atoms with E-state index in [1.54, 1.807) is 6.07 Å². The third kappa shape index (κ3) is 4.63. The molecule has 0 heterocycles. The van der Waals surface area contributed by atoms with E-state index in [9.17, 15) is 21.6 Å². The van der Waals surface area contributed by atoms with Gasteiger partial charge in [-0.2, -0.15) is 13.2 Å². The predicted octanol–water partition coefficient (Wildman–Crippen LogP) is 1.28. The standard InChI is InChI=1S/C10H12F3NO3S/c11-10(12,13)6-8(7-15)14-18(16,17)9-4-2-1-3-5-9/h1-5,8,14-15H,6-7H2/t8-/m1/s1. The summed E-state index contributed by atoms with van der Waals surface area (Å²) in [5.41, 5.74) is 0. The van der Waals surface area contributed by atoms with Gasteiger partial charge < -0.3 is 5.11 Å². The Hall–Kier alpha value is -1.12. The van der Waals surface area contributed by atoms with Crippen LogP contribution in [0.25, 0.3) is 0 Å². The summed E-state index contributed by atoms with van der Waals surface area (Å²) in [7, 11) is -4.05. The molecule has 2 N–H and O–H groups in total. The molecular formula is C10H12F3NO3S. The topological polar surface area (TPSA) is 66.4 Å². The molecule has 8 heteroatoms. The van der Waals surface area contributed by atoms with Gasteiger partial charge in [-0.3, -0.25) is 0 Å². The van der Waals surface area contributed by atoms with Crippen molar-refractivity contribution in [3.05, 3.63) is 30.3 Å². The number of sulfonamides is 1. The predicted molar refractivity (Wildman–Crippen MR) is 58.3 cm³/mol. The van der Waals surface area contributed by atoms with Gasteiger partial charge in [-0.1, -0.05) is 18.2 Å². The molecule has 0 spiro atoms. The zero-order chi connectivity index (χ0) is 13.8. The van der Waals surface area contributed by atoms with Gasteiger partial charge in [-0.05, 0) is 12.1 Å². The van der Waals surface area contributed by atoms with Crippen LogP contribution < -0.4 is 4.72 Å². The summed E-state index contributed by atoms with van der Waals surface area (Å²) >= 11 is 0. The number of benzene rings is 1. The van der Waals surface area contributed by atoms with Crippen LogP contribution in [0.15, 0.2) is 35.2 Å². The lowest BCUT2D eigenvalue weighted by molar-refractivity contribution is -0.140. The van der Waals surface area contributed by atoms with Gasteiger partial charge in [0.25, 0.3) is 0 Å². The first-order chi connectivity index (χ1) is 8.24. The Morgan fingerprint density at radius 2 is 1.78 bits per heavy atom. The van der Waals surface area contributed by atoms with Crippen LogP contribution in [-0.4, -0.2) is 32.3 Å². The molecule has 0 aliphatic rings. The Balaban J connectivity index is 2.82. The van der Waals surface area contributed by atoms with Crippen molar-refractivity contribution in [2.45, 2.75) is 23.5 Å². The van der Waals surface area contributed by atoms with E-state index in [-0.39, 0.29) is 4.90 Å². The molecule has 0 saturated heterocycles. The molecule has 0 radical (unpaired) electrons. The molecule has 0 aliphatic heterocycles. The van der Waals surface area contributed by atoms with Crippen molar-refractivity contribution < 1.29 is 26.7 Å². The average molecular weight is 283 g/mol. The monoisotopic (exact) mass is 283 g/mol. The smallest absolute Gasteiger partial charge is 0.390 e. The number of alkyl halides is 3. The van der Waals surface area contributed by atoms with Crippen LogP contribution in [0.1, 0.15) is 6.42 Å². The molecule has 1 atom stereocenters. The maximum Gasteiger partial charge on any atom is 0.390 e. The van der Waals surface area contributed by atoms with Crippen LogP contribution in [-0.2, 0) is 10.0 Å². The van der Waals surface area contributed by atoms with Crippen molar-refractivity contribution in [2.75, 3.05) is 6.61 Å².